The molecule has 2 aromatic carbocycles. The molecule has 7 rings (SSSR count). The van der Waals surface area contributed by atoms with Crippen LogP contribution in [0.2, 0.25) is 0 Å². The minimum atomic E-state index is -1.15. The molecule has 2 aromatic rings. The third kappa shape index (κ3) is 5.49. The van der Waals surface area contributed by atoms with Gasteiger partial charge in [0.2, 0.25) is 12.7 Å². The second kappa shape index (κ2) is 13.1. The first-order valence-corrected chi connectivity index (χ1v) is 17.6. The average Bonchev–Trinajstić information content (AvgIpc) is 3.57. The number of hydrogen-bond donors (Lipinski definition) is 3. The fraction of sp³-hybridized carbons (Fsp3) is 0.514. The van der Waals surface area contributed by atoms with Crippen molar-refractivity contribution in [2.45, 2.75) is 81.5 Å². The predicted octanol–water partition coefficient (Wildman–Crippen LogP) is 2.58. The molecule has 270 valence electrons. The summed E-state index contributed by atoms with van der Waals surface area (Å²) in [6.07, 6.45) is -0.289. The Bertz CT molecular complexity index is 1900. The number of phenols is 1. The van der Waals surface area contributed by atoms with Crippen LogP contribution in [0.3, 0.4) is 0 Å². The molecular formula is C35H38N4O11S. The van der Waals surface area contributed by atoms with Crippen molar-refractivity contribution in [2.75, 3.05) is 33.3 Å². The van der Waals surface area contributed by atoms with Gasteiger partial charge in [-0.05, 0) is 38.4 Å². The first-order chi connectivity index (χ1) is 24.4. The number of phenolic OH excluding ortho intramolecular Hbond substituents is 1. The Morgan fingerprint density at radius 2 is 1.86 bits per heavy atom. The number of rotatable bonds is 6. The largest absolute Gasteiger partial charge is 0.504 e. The maximum atomic E-state index is 13.6. The van der Waals surface area contributed by atoms with E-state index in [-0.39, 0.29) is 43.1 Å². The minimum absolute atomic E-state index is 0.00609. The number of carbonyl (C=O) groups excluding carboxylic acids is 3. The van der Waals surface area contributed by atoms with Crippen LogP contribution in [0, 0.1) is 25.2 Å². The van der Waals surface area contributed by atoms with Gasteiger partial charge >= 0.3 is 17.9 Å². The second-order valence-corrected chi connectivity index (χ2v) is 14.6. The third-order valence-corrected chi connectivity index (χ3v) is 12.0. The zero-order valence-electron chi connectivity index (χ0n) is 28.7. The lowest BCUT2D eigenvalue weighted by atomic mass is 9.71. The summed E-state index contributed by atoms with van der Waals surface area (Å²) in [5.41, 5.74) is 3.99. The van der Waals surface area contributed by atoms with Crippen molar-refractivity contribution in [3.8, 4) is 34.8 Å². The molecule has 0 saturated carbocycles. The number of esters is 2. The molecule has 4 bridgehead atoms. The molecule has 0 aromatic heterocycles. The number of ether oxygens (including phenoxy) is 5. The van der Waals surface area contributed by atoms with Gasteiger partial charge in [-0.25, -0.2) is 4.79 Å². The highest BCUT2D eigenvalue weighted by atomic mass is 32.2. The number of piperazine rings is 1. The van der Waals surface area contributed by atoms with Crippen LogP contribution in [0.4, 0.5) is 0 Å². The highest BCUT2D eigenvalue weighted by Gasteiger charge is 2.60. The number of carbonyl (C=O) groups is 4. The fourth-order valence-corrected chi connectivity index (χ4v) is 10.1. The molecule has 7 atom stereocenters. The number of nitriles is 1. The number of methoxy groups -OCH3 is 1. The summed E-state index contributed by atoms with van der Waals surface area (Å²) in [6.45, 7) is 4.56. The summed E-state index contributed by atoms with van der Waals surface area (Å²) in [7, 11) is 3.42. The van der Waals surface area contributed by atoms with E-state index < -0.39 is 65.7 Å². The van der Waals surface area contributed by atoms with Gasteiger partial charge in [-0.15, -0.1) is 11.8 Å². The van der Waals surface area contributed by atoms with E-state index in [1.807, 2.05) is 20.0 Å². The number of likely N-dealkylation sites (N-methyl/N-ethyl adjacent to an activating group) is 1. The Morgan fingerprint density at radius 3 is 2.55 bits per heavy atom. The predicted molar refractivity (Wildman–Crippen MR) is 179 cm³/mol. The Balaban J connectivity index is 1.47. The number of nitrogens with zero attached hydrogens (tertiary/aromatic N) is 3. The van der Waals surface area contributed by atoms with Crippen LogP contribution in [-0.4, -0.2) is 101 Å². The van der Waals surface area contributed by atoms with Crippen molar-refractivity contribution in [1.82, 2.24) is 15.1 Å². The van der Waals surface area contributed by atoms with Gasteiger partial charge in [0.05, 0.1) is 36.9 Å². The lowest BCUT2D eigenvalue weighted by Gasteiger charge is -2.61. The number of cyclic esters (lactones) is 1. The fourth-order valence-electron chi connectivity index (χ4n) is 8.55. The first kappa shape index (κ1) is 34.7. The summed E-state index contributed by atoms with van der Waals surface area (Å²) in [4.78, 5) is 54.5. The Labute approximate surface area is 297 Å². The maximum Gasteiger partial charge on any atom is 0.329 e. The summed E-state index contributed by atoms with van der Waals surface area (Å²) >= 11 is 1.30. The molecule has 0 radical (unpaired) electrons. The Hall–Kier alpha value is -4.72. The van der Waals surface area contributed by atoms with Gasteiger partial charge < -0.3 is 39.2 Å². The van der Waals surface area contributed by atoms with Gasteiger partial charge in [-0.2, -0.15) is 5.26 Å². The molecule has 5 heterocycles. The summed E-state index contributed by atoms with van der Waals surface area (Å²) < 4.78 is 29.6. The average molecular weight is 723 g/mol. The number of thioether (sulfide) groups is 1. The molecule has 0 spiro atoms. The molecule has 5 aliphatic rings. The van der Waals surface area contributed by atoms with Crippen LogP contribution in [0.5, 0.6) is 28.7 Å². The highest BCUT2D eigenvalue weighted by molar-refractivity contribution is 7.99. The van der Waals surface area contributed by atoms with E-state index in [0.717, 1.165) is 11.1 Å². The third-order valence-electron chi connectivity index (χ3n) is 10.6. The van der Waals surface area contributed by atoms with E-state index >= 15 is 0 Å². The molecule has 16 heteroatoms. The maximum absolute atomic E-state index is 13.6. The molecule has 1 amide bonds. The standard InChI is InChI=1S/C35H38N4O11S/c1-14-8-17-9-19-20(10-36)39-21-11-47-35(45)18(37-22(41)6-7-23(42)43)12-51-34(28(39)27(38(19)4)24(17)29(44)30(14)46-5)26-25(21)33-32(48-13-49-33)15(2)31(26)50-16(3)40/h8,18-21,27-28,34,44H,6-7,9,11-13H2,1-5H3,(H,37,41)(H,42,43)/t18-,19-,20-,21-,27+,28?,34+/m0/s1. The molecule has 0 aliphatic carbocycles. The summed E-state index contributed by atoms with van der Waals surface area (Å²) in [5, 5.41) is 33.9. The SMILES string of the molecule is COc1c(C)cc2c(c1O)[C@@H]1C3[C@@H]4SC[C@H](NC(=O)CCC(=O)O)C(=O)OC[C@@H](c5c6c(c(C)c(OC(C)=O)c54)OCO6)N3[C@@H](C#N)[C@H](C2)N1C. The van der Waals surface area contributed by atoms with E-state index in [9.17, 15) is 29.5 Å². The number of nitrogens with one attached hydrogen (secondary N) is 1. The van der Waals surface area contributed by atoms with Crippen LogP contribution in [0.15, 0.2) is 6.07 Å². The van der Waals surface area contributed by atoms with Crippen LogP contribution >= 0.6 is 11.8 Å². The van der Waals surface area contributed by atoms with Gasteiger partial charge in [0.15, 0.2) is 23.0 Å². The van der Waals surface area contributed by atoms with Gasteiger partial charge in [0.1, 0.15) is 24.4 Å². The summed E-state index contributed by atoms with van der Waals surface area (Å²) in [5.74, 6) is -1.69. The van der Waals surface area contributed by atoms with Crippen LogP contribution in [-0.2, 0) is 30.3 Å². The lowest BCUT2D eigenvalue weighted by molar-refractivity contribution is -0.152. The number of benzene rings is 2. The number of hydrogen-bond acceptors (Lipinski definition) is 14. The van der Waals surface area contributed by atoms with E-state index in [1.165, 1.54) is 25.8 Å². The van der Waals surface area contributed by atoms with Crippen molar-refractivity contribution in [3.63, 3.8) is 0 Å². The monoisotopic (exact) mass is 722 g/mol. The van der Waals surface area contributed by atoms with E-state index in [1.54, 1.807) is 6.92 Å². The number of aromatic hydroxyl groups is 1. The number of carboxylic acids is 1. The molecule has 5 aliphatic heterocycles. The smallest absolute Gasteiger partial charge is 0.329 e. The number of carboxylic acid groups (broad SMARTS) is 1. The zero-order valence-corrected chi connectivity index (χ0v) is 29.5. The number of aliphatic carboxylic acids is 1. The second-order valence-electron chi connectivity index (χ2n) is 13.4. The zero-order chi connectivity index (χ0) is 36.5. The van der Waals surface area contributed by atoms with Crippen molar-refractivity contribution in [1.29, 1.82) is 5.26 Å². The minimum Gasteiger partial charge on any atom is -0.504 e. The number of aryl methyl sites for hydroxylation is 1. The van der Waals surface area contributed by atoms with E-state index in [2.05, 4.69) is 21.2 Å². The normalized spacial score (nSPS) is 27.6. The van der Waals surface area contributed by atoms with E-state index in [0.29, 0.717) is 45.9 Å². The van der Waals surface area contributed by atoms with Crippen molar-refractivity contribution in [2.24, 2.45) is 0 Å². The Kier molecular flexibility index (Phi) is 8.93. The highest BCUT2D eigenvalue weighted by Crippen LogP contribution is 2.64. The van der Waals surface area contributed by atoms with Crippen molar-refractivity contribution >= 4 is 35.6 Å². The van der Waals surface area contributed by atoms with Crippen LogP contribution in [0.25, 0.3) is 0 Å². The molecule has 2 fully saturated rings. The van der Waals surface area contributed by atoms with Crippen LogP contribution < -0.4 is 24.3 Å². The van der Waals surface area contributed by atoms with Gasteiger partial charge in [0.25, 0.3) is 0 Å². The van der Waals surface area contributed by atoms with Crippen molar-refractivity contribution < 1.29 is 53.1 Å². The van der Waals surface area contributed by atoms with Gasteiger partial charge in [-0.3, -0.25) is 24.2 Å². The lowest BCUT2D eigenvalue weighted by Crippen LogP contribution is -2.69. The molecule has 2 saturated heterocycles. The van der Waals surface area contributed by atoms with E-state index in [4.69, 9.17) is 28.8 Å². The van der Waals surface area contributed by atoms with Gasteiger partial charge in [-0.1, -0.05) is 6.07 Å². The summed E-state index contributed by atoms with van der Waals surface area (Å²) in [6, 6.07) is 0.417. The van der Waals surface area contributed by atoms with Crippen molar-refractivity contribution in [3.05, 3.63) is 39.4 Å². The molecule has 3 N–H and O–H groups in total. The first-order valence-electron chi connectivity index (χ1n) is 16.6. The number of fused-ring (bicyclic) bond motifs is 9. The molecule has 15 nitrogen and oxygen atoms in total. The Morgan fingerprint density at radius 1 is 1.12 bits per heavy atom. The molecule has 1 unspecified atom stereocenters. The molecule has 51 heavy (non-hydrogen) atoms. The quantitative estimate of drug-likeness (QED) is 0.290. The molecular weight excluding hydrogens is 684 g/mol. The van der Waals surface area contributed by atoms with Gasteiger partial charge in [0, 0.05) is 53.4 Å². The van der Waals surface area contributed by atoms with Crippen LogP contribution in [0.1, 0.15) is 70.5 Å². The number of amides is 1. The topological polar surface area (TPSA) is 197 Å².